The Labute approximate surface area is 290 Å². The van der Waals surface area contributed by atoms with E-state index in [1.165, 1.54) is 38.5 Å². The van der Waals surface area contributed by atoms with Gasteiger partial charge in [-0.05, 0) is 117 Å². The van der Waals surface area contributed by atoms with E-state index in [1.54, 1.807) is 66.7 Å². The summed E-state index contributed by atoms with van der Waals surface area (Å²) in [6.07, 6.45) is 9.49. The van der Waals surface area contributed by atoms with E-state index in [4.69, 9.17) is 21.1 Å². The van der Waals surface area contributed by atoms with Gasteiger partial charge in [-0.15, -0.1) is 0 Å². The van der Waals surface area contributed by atoms with Crippen LogP contribution in [0.15, 0.2) is 101 Å². The first-order valence-electron chi connectivity index (χ1n) is 17.0. The fraction of sp³-hybridized carbons (Fsp3) is 0.350. The molecule has 0 bridgehead atoms. The van der Waals surface area contributed by atoms with Crippen LogP contribution < -0.4 is 9.47 Å². The molecule has 0 aliphatic rings. The fourth-order valence-corrected chi connectivity index (χ4v) is 5.31. The third kappa shape index (κ3) is 12.0. The molecular weight excluding hydrogens is 622 g/mol. The molecule has 0 saturated heterocycles. The van der Waals surface area contributed by atoms with Crippen LogP contribution in [0.5, 0.6) is 11.5 Å². The number of hydrogen-bond donors (Lipinski definition) is 0. The third-order valence-corrected chi connectivity index (χ3v) is 8.25. The van der Waals surface area contributed by atoms with Crippen molar-refractivity contribution < 1.29 is 19.1 Å². The highest BCUT2D eigenvalue weighted by atomic mass is 35.5. The highest BCUT2D eigenvalue weighted by Gasteiger charge is 2.15. The van der Waals surface area contributed by atoms with Crippen molar-refractivity contribution in [2.45, 2.75) is 78.7 Å². The van der Waals surface area contributed by atoms with Crippen LogP contribution in [-0.4, -0.2) is 29.9 Å². The Balaban J connectivity index is 1.52. The lowest BCUT2D eigenvalue weighted by molar-refractivity contribution is 0.0725. The van der Waals surface area contributed by atoms with Crippen molar-refractivity contribution in [1.29, 1.82) is 0 Å². The molecule has 0 spiro atoms. The average Bonchev–Trinajstić information content (AvgIpc) is 3.09. The Morgan fingerprint density at radius 3 is 1.77 bits per heavy atom. The van der Waals surface area contributed by atoms with E-state index in [1.807, 2.05) is 31.2 Å². The minimum absolute atomic E-state index is 0.417. The molecule has 0 saturated carbocycles. The molecule has 0 radical (unpaired) electrons. The lowest BCUT2D eigenvalue weighted by atomic mass is 10.1. The third-order valence-electron chi connectivity index (χ3n) is 8.00. The SMILES string of the molecule is CCCCCCN(CCCCCC)Cc1cc(OC(=O)c2ccc(Cl)cc2)ccc1N=Nc1ccc(OC(=O)c2ccc(C)cc2)cc1. The largest absolute Gasteiger partial charge is 0.423 e. The van der Waals surface area contributed by atoms with Gasteiger partial charge < -0.3 is 9.47 Å². The van der Waals surface area contributed by atoms with Gasteiger partial charge in [0.05, 0.1) is 22.5 Å². The minimum atomic E-state index is -0.453. The zero-order valence-corrected chi connectivity index (χ0v) is 29.0. The van der Waals surface area contributed by atoms with E-state index in [-0.39, 0.29) is 0 Å². The monoisotopic (exact) mass is 667 g/mol. The topological polar surface area (TPSA) is 80.6 Å². The zero-order chi connectivity index (χ0) is 34.1. The number of esters is 2. The van der Waals surface area contributed by atoms with Crippen molar-refractivity contribution in [3.05, 3.63) is 118 Å². The standard InChI is InChI=1S/C40H46ClN3O4/c1-4-6-8-10-26-44(27-11-9-7-5-2)29-33-28-37(48-40(46)32-16-18-34(41)19-17-32)24-25-38(33)43-42-35-20-22-36(23-21-35)47-39(45)31-14-12-30(3)13-15-31/h12-25,28H,4-11,26-27,29H2,1-3H3. The second-order valence-corrected chi connectivity index (χ2v) is 12.5. The first kappa shape index (κ1) is 36.5. The summed E-state index contributed by atoms with van der Waals surface area (Å²) in [5.74, 6) is 0.000353. The number of carbonyl (C=O) groups excluding carboxylic acids is 2. The van der Waals surface area contributed by atoms with Crippen molar-refractivity contribution in [2.75, 3.05) is 13.1 Å². The van der Waals surface area contributed by atoms with Gasteiger partial charge in [0.2, 0.25) is 0 Å². The van der Waals surface area contributed by atoms with Gasteiger partial charge >= 0.3 is 11.9 Å². The molecule has 4 aromatic carbocycles. The van der Waals surface area contributed by atoms with Crippen LogP contribution in [0.2, 0.25) is 5.02 Å². The number of unbranched alkanes of at least 4 members (excludes halogenated alkanes) is 6. The number of carbonyl (C=O) groups is 2. The Morgan fingerprint density at radius 2 is 1.19 bits per heavy atom. The Kier molecular flexibility index (Phi) is 14.8. The Bertz CT molecular complexity index is 1610. The first-order valence-corrected chi connectivity index (χ1v) is 17.4. The summed E-state index contributed by atoms with van der Waals surface area (Å²) in [6, 6.07) is 26.3. The van der Waals surface area contributed by atoms with Gasteiger partial charge in [0, 0.05) is 11.6 Å². The Hall–Kier alpha value is -4.33. The maximum absolute atomic E-state index is 12.9. The number of hydrogen-bond acceptors (Lipinski definition) is 7. The van der Waals surface area contributed by atoms with Gasteiger partial charge in [-0.1, -0.05) is 81.7 Å². The van der Waals surface area contributed by atoms with Crippen molar-refractivity contribution in [1.82, 2.24) is 4.90 Å². The number of nitrogens with zero attached hydrogens (tertiary/aromatic N) is 3. The molecule has 0 fully saturated rings. The molecule has 0 aliphatic carbocycles. The molecular formula is C40H46ClN3O4. The van der Waals surface area contributed by atoms with Crippen LogP contribution in [0.25, 0.3) is 0 Å². The summed E-state index contributed by atoms with van der Waals surface area (Å²) in [5.41, 5.74) is 4.23. The number of ether oxygens (including phenoxy) is 2. The van der Waals surface area contributed by atoms with Crippen molar-refractivity contribution in [2.24, 2.45) is 10.2 Å². The minimum Gasteiger partial charge on any atom is -0.423 e. The molecule has 0 atom stereocenters. The summed E-state index contributed by atoms with van der Waals surface area (Å²) in [6.45, 7) is 9.05. The predicted molar refractivity (Wildman–Crippen MR) is 193 cm³/mol. The van der Waals surface area contributed by atoms with Gasteiger partial charge in [0.15, 0.2) is 0 Å². The van der Waals surface area contributed by atoms with Crippen molar-refractivity contribution >= 4 is 34.9 Å². The van der Waals surface area contributed by atoms with Crippen LogP contribution in [0, 0.1) is 6.92 Å². The van der Waals surface area contributed by atoms with Gasteiger partial charge in [-0.25, -0.2) is 9.59 Å². The lowest BCUT2D eigenvalue weighted by Crippen LogP contribution is -2.26. The second-order valence-electron chi connectivity index (χ2n) is 12.0. The molecule has 8 heteroatoms. The number of azo groups is 1. The van der Waals surface area contributed by atoms with Crippen molar-refractivity contribution in [3.8, 4) is 11.5 Å². The van der Waals surface area contributed by atoms with Crippen molar-refractivity contribution in [3.63, 3.8) is 0 Å². The predicted octanol–water partition coefficient (Wildman–Crippen LogP) is 11.5. The molecule has 0 N–H and O–H groups in total. The van der Waals surface area contributed by atoms with E-state index in [0.29, 0.717) is 45.6 Å². The van der Waals surface area contributed by atoms with Gasteiger partial charge in [0.1, 0.15) is 11.5 Å². The van der Waals surface area contributed by atoms with Crippen LogP contribution in [-0.2, 0) is 6.54 Å². The van der Waals surface area contributed by atoms with Crippen LogP contribution in [0.1, 0.15) is 97.1 Å². The average molecular weight is 668 g/mol. The number of benzene rings is 4. The highest BCUT2D eigenvalue weighted by Crippen LogP contribution is 2.30. The lowest BCUT2D eigenvalue weighted by Gasteiger charge is -2.23. The van der Waals surface area contributed by atoms with E-state index in [9.17, 15) is 9.59 Å². The van der Waals surface area contributed by atoms with Crippen LogP contribution in [0.4, 0.5) is 11.4 Å². The van der Waals surface area contributed by atoms with Crippen LogP contribution >= 0.6 is 11.6 Å². The number of halogens is 1. The van der Waals surface area contributed by atoms with Gasteiger partial charge in [0.25, 0.3) is 0 Å². The molecule has 0 amide bonds. The molecule has 0 unspecified atom stereocenters. The molecule has 4 rings (SSSR count). The summed E-state index contributed by atoms with van der Waals surface area (Å²) in [4.78, 5) is 27.9. The summed E-state index contributed by atoms with van der Waals surface area (Å²) in [7, 11) is 0. The number of rotatable bonds is 18. The maximum Gasteiger partial charge on any atom is 0.343 e. The molecule has 0 heterocycles. The van der Waals surface area contributed by atoms with Gasteiger partial charge in [-0.3, -0.25) is 4.90 Å². The molecule has 48 heavy (non-hydrogen) atoms. The second kappa shape index (κ2) is 19.5. The zero-order valence-electron chi connectivity index (χ0n) is 28.3. The summed E-state index contributed by atoms with van der Waals surface area (Å²) < 4.78 is 11.3. The van der Waals surface area contributed by atoms with E-state index >= 15 is 0 Å². The quantitative estimate of drug-likeness (QED) is 0.0456. The molecule has 0 aliphatic heterocycles. The smallest absolute Gasteiger partial charge is 0.343 e. The molecule has 7 nitrogen and oxygen atoms in total. The Morgan fingerprint density at radius 1 is 0.646 bits per heavy atom. The first-order chi connectivity index (χ1) is 23.3. The fourth-order valence-electron chi connectivity index (χ4n) is 5.18. The van der Waals surface area contributed by atoms with E-state index in [0.717, 1.165) is 37.1 Å². The number of aryl methyl sites for hydroxylation is 1. The molecule has 0 aromatic heterocycles. The molecule has 4 aromatic rings. The highest BCUT2D eigenvalue weighted by molar-refractivity contribution is 6.30. The van der Waals surface area contributed by atoms with Gasteiger partial charge in [-0.2, -0.15) is 10.2 Å². The summed E-state index contributed by atoms with van der Waals surface area (Å²) >= 11 is 6.00. The van der Waals surface area contributed by atoms with E-state index in [2.05, 4.69) is 29.0 Å². The van der Waals surface area contributed by atoms with E-state index < -0.39 is 11.9 Å². The normalized spacial score (nSPS) is 11.3. The summed E-state index contributed by atoms with van der Waals surface area (Å²) in [5, 5.41) is 9.67. The van der Waals surface area contributed by atoms with Crippen LogP contribution in [0.3, 0.4) is 0 Å². The maximum atomic E-state index is 12.9. The molecule has 252 valence electrons.